The first-order chi connectivity index (χ1) is 7.66. The standard InChI is InChI=1S/C12H16F2N2/c1-16(8-12(13)14)10-5-4-9-3-2-6-15-11(9)7-10/h4-5,7,12,15H,2-3,6,8H2,1H3. The van der Waals surface area contributed by atoms with Gasteiger partial charge in [0, 0.05) is 25.0 Å². The summed E-state index contributed by atoms with van der Waals surface area (Å²) in [6, 6.07) is 5.89. The van der Waals surface area contributed by atoms with Crippen LogP contribution in [0.5, 0.6) is 0 Å². The third-order valence-electron chi connectivity index (χ3n) is 2.88. The van der Waals surface area contributed by atoms with Crippen molar-refractivity contribution in [2.45, 2.75) is 19.3 Å². The number of nitrogens with one attached hydrogen (secondary N) is 1. The van der Waals surface area contributed by atoms with Gasteiger partial charge in [-0.3, -0.25) is 0 Å². The van der Waals surface area contributed by atoms with E-state index in [1.807, 2.05) is 18.2 Å². The van der Waals surface area contributed by atoms with E-state index in [2.05, 4.69) is 5.32 Å². The molecule has 1 aliphatic rings. The second kappa shape index (κ2) is 4.68. The van der Waals surface area contributed by atoms with Gasteiger partial charge in [-0.05, 0) is 30.5 Å². The Kier molecular flexibility index (Phi) is 3.27. The Labute approximate surface area is 94.3 Å². The number of nitrogens with zero attached hydrogens (tertiary/aromatic N) is 1. The summed E-state index contributed by atoms with van der Waals surface area (Å²) in [5.74, 6) is 0. The SMILES string of the molecule is CN(CC(F)F)c1ccc2c(c1)NCCC2. The normalized spacial score (nSPS) is 14.5. The highest BCUT2D eigenvalue weighted by atomic mass is 19.3. The molecule has 0 saturated carbocycles. The molecule has 1 aromatic rings. The monoisotopic (exact) mass is 226 g/mol. The Morgan fingerprint density at radius 2 is 2.25 bits per heavy atom. The molecule has 1 N–H and O–H groups in total. The van der Waals surface area contributed by atoms with Crippen LogP contribution in [0.4, 0.5) is 20.2 Å². The molecule has 0 spiro atoms. The summed E-state index contributed by atoms with van der Waals surface area (Å²) in [4.78, 5) is 1.58. The largest absolute Gasteiger partial charge is 0.385 e. The molecule has 0 radical (unpaired) electrons. The molecule has 88 valence electrons. The number of hydrogen-bond acceptors (Lipinski definition) is 2. The molecule has 4 heteroatoms. The van der Waals surface area contributed by atoms with E-state index in [9.17, 15) is 8.78 Å². The Balaban J connectivity index is 2.16. The van der Waals surface area contributed by atoms with Crippen LogP contribution in [0, 0.1) is 0 Å². The van der Waals surface area contributed by atoms with Crippen molar-refractivity contribution in [2.75, 3.05) is 30.4 Å². The van der Waals surface area contributed by atoms with E-state index in [-0.39, 0.29) is 6.54 Å². The average molecular weight is 226 g/mol. The van der Waals surface area contributed by atoms with Gasteiger partial charge in [0.25, 0.3) is 6.43 Å². The summed E-state index contributed by atoms with van der Waals surface area (Å²) in [6.45, 7) is 0.744. The van der Waals surface area contributed by atoms with Crippen LogP contribution in [0.2, 0.25) is 0 Å². The van der Waals surface area contributed by atoms with Crippen LogP contribution in [0.25, 0.3) is 0 Å². The third kappa shape index (κ3) is 2.43. The van der Waals surface area contributed by atoms with Crippen LogP contribution in [-0.2, 0) is 6.42 Å². The van der Waals surface area contributed by atoms with Crippen molar-refractivity contribution in [3.63, 3.8) is 0 Å². The number of fused-ring (bicyclic) bond motifs is 1. The van der Waals surface area contributed by atoms with Crippen LogP contribution in [-0.4, -0.2) is 26.6 Å². The molecule has 2 rings (SSSR count). The molecule has 1 aromatic carbocycles. The van der Waals surface area contributed by atoms with Crippen LogP contribution in [0.15, 0.2) is 18.2 Å². The highest BCUT2D eigenvalue weighted by Gasteiger charge is 2.12. The van der Waals surface area contributed by atoms with Crippen LogP contribution in [0.1, 0.15) is 12.0 Å². The maximum absolute atomic E-state index is 12.3. The Hall–Kier alpha value is -1.32. The van der Waals surface area contributed by atoms with E-state index in [0.717, 1.165) is 30.8 Å². The van der Waals surface area contributed by atoms with E-state index in [4.69, 9.17) is 0 Å². The molecule has 1 aliphatic heterocycles. The van der Waals surface area contributed by atoms with Gasteiger partial charge in [-0.2, -0.15) is 0 Å². The third-order valence-corrected chi connectivity index (χ3v) is 2.88. The fraction of sp³-hybridized carbons (Fsp3) is 0.500. The Morgan fingerprint density at radius 1 is 1.44 bits per heavy atom. The number of anilines is 2. The molecule has 0 amide bonds. The van der Waals surface area contributed by atoms with Crippen molar-refractivity contribution < 1.29 is 8.78 Å². The zero-order chi connectivity index (χ0) is 11.5. The van der Waals surface area contributed by atoms with Gasteiger partial charge < -0.3 is 10.2 Å². The lowest BCUT2D eigenvalue weighted by molar-refractivity contribution is 0.156. The van der Waals surface area contributed by atoms with Crippen LogP contribution >= 0.6 is 0 Å². The number of hydrogen-bond donors (Lipinski definition) is 1. The molecule has 0 unspecified atom stereocenters. The lowest BCUT2D eigenvalue weighted by Crippen LogP contribution is -2.24. The highest BCUT2D eigenvalue weighted by molar-refractivity contribution is 5.63. The highest BCUT2D eigenvalue weighted by Crippen LogP contribution is 2.27. The zero-order valence-electron chi connectivity index (χ0n) is 9.34. The number of halogens is 2. The fourth-order valence-electron chi connectivity index (χ4n) is 2.00. The first-order valence-corrected chi connectivity index (χ1v) is 5.53. The number of benzene rings is 1. The summed E-state index contributed by atoms with van der Waals surface area (Å²) < 4.78 is 24.5. The maximum atomic E-state index is 12.3. The van der Waals surface area contributed by atoms with Crippen LogP contribution in [0.3, 0.4) is 0 Å². The minimum Gasteiger partial charge on any atom is -0.385 e. The fourth-order valence-corrected chi connectivity index (χ4v) is 2.00. The minimum atomic E-state index is -2.30. The second-order valence-corrected chi connectivity index (χ2v) is 4.14. The molecule has 2 nitrogen and oxygen atoms in total. The van der Waals surface area contributed by atoms with Crippen molar-refractivity contribution in [2.24, 2.45) is 0 Å². The molecular weight excluding hydrogens is 210 g/mol. The maximum Gasteiger partial charge on any atom is 0.255 e. The van der Waals surface area contributed by atoms with Gasteiger partial charge in [0.1, 0.15) is 0 Å². The molecule has 1 heterocycles. The number of alkyl halides is 2. The molecule has 0 aromatic heterocycles. The topological polar surface area (TPSA) is 15.3 Å². The Bertz CT molecular complexity index is 366. The Morgan fingerprint density at radius 3 is 3.00 bits per heavy atom. The lowest BCUT2D eigenvalue weighted by atomic mass is 10.0. The average Bonchev–Trinajstić information content (AvgIpc) is 2.27. The van der Waals surface area contributed by atoms with Crippen molar-refractivity contribution in [3.05, 3.63) is 23.8 Å². The molecule has 0 bridgehead atoms. The van der Waals surface area contributed by atoms with Crippen molar-refractivity contribution >= 4 is 11.4 Å². The molecule has 16 heavy (non-hydrogen) atoms. The molecule has 0 aliphatic carbocycles. The summed E-state index contributed by atoms with van der Waals surface area (Å²) >= 11 is 0. The quantitative estimate of drug-likeness (QED) is 0.852. The number of aryl methyl sites for hydroxylation is 1. The van der Waals surface area contributed by atoms with E-state index in [1.54, 1.807) is 11.9 Å². The number of rotatable bonds is 3. The van der Waals surface area contributed by atoms with E-state index in [1.165, 1.54) is 5.56 Å². The van der Waals surface area contributed by atoms with Gasteiger partial charge in [0.2, 0.25) is 0 Å². The summed E-state index contributed by atoms with van der Waals surface area (Å²) in [6.07, 6.45) is -0.0885. The first kappa shape index (κ1) is 11.2. The van der Waals surface area contributed by atoms with E-state index >= 15 is 0 Å². The van der Waals surface area contributed by atoms with Crippen LogP contribution < -0.4 is 10.2 Å². The zero-order valence-corrected chi connectivity index (χ0v) is 9.34. The summed E-state index contributed by atoms with van der Waals surface area (Å²) in [5, 5.41) is 3.30. The van der Waals surface area contributed by atoms with Gasteiger partial charge in [-0.1, -0.05) is 6.07 Å². The molecular formula is C12H16F2N2. The van der Waals surface area contributed by atoms with Gasteiger partial charge in [0.05, 0.1) is 6.54 Å². The predicted molar refractivity (Wildman–Crippen MR) is 62.5 cm³/mol. The molecule has 0 fully saturated rings. The summed E-state index contributed by atoms with van der Waals surface area (Å²) in [7, 11) is 1.69. The van der Waals surface area contributed by atoms with Gasteiger partial charge in [-0.25, -0.2) is 8.78 Å². The van der Waals surface area contributed by atoms with Gasteiger partial charge >= 0.3 is 0 Å². The smallest absolute Gasteiger partial charge is 0.255 e. The van der Waals surface area contributed by atoms with Crippen molar-refractivity contribution in [3.8, 4) is 0 Å². The minimum absolute atomic E-state index is 0.223. The van der Waals surface area contributed by atoms with Gasteiger partial charge in [-0.15, -0.1) is 0 Å². The molecule has 0 saturated heterocycles. The molecule has 0 atom stereocenters. The van der Waals surface area contributed by atoms with E-state index < -0.39 is 6.43 Å². The predicted octanol–water partition coefficient (Wildman–Crippen LogP) is 2.75. The van der Waals surface area contributed by atoms with Gasteiger partial charge in [0.15, 0.2) is 0 Å². The first-order valence-electron chi connectivity index (χ1n) is 5.53. The van der Waals surface area contributed by atoms with Crippen molar-refractivity contribution in [1.29, 1.82) is 0 Å². The second-order valence-electron chi connectivity index (χ2n) is 4.14. The summed E-state index contributed by atoms with van der Waals surface area (Å²) in [5.41, 5.74) is 3.21. The lowest BCUT2D eigenvalue weighted by Gasteiger charge is -2.23. The van der Waals surface area contributed by atoms with Crippen molar-refractivity contribution in [1.82, 2.24) is 0 Å². The van der Waals surface area contributed by atoms with E-state index in [0.29, 0.717) is 0 Å².